The molecule has 0 atom stereocenters. The Bertz CT molecular complexity index is 338. The molecule has 0 aliphatic carbocycles. The van der Waals surface area contributed by atoms with Crippen LogP contribution in [0.15, 0.2) is 0 Å². The van der Waals surface area contributed by atoms with Gasteiger partial charge in [0.05, 0.1) is 17.1 Å². The van der Waals surface area contributed by atoms with Crippen molar-refractivity contribution < 1.29 is 0 Å². The van der Waals surface area contributed by atoms with Gasteiger partial charge in [0.2, 0.25) is 0 Å². The number of aromatic amines is 1. The molecule has 0 bridgehead atoms. The average molecular weight is 223 g/mol. The third kappa shape index (κ3) is 2.36. The van der Waals surface area contributed by atoms with Crippen LogP contribution in [-0.4, -0.2) is 41.3 Å². The average Bonchev–Trinajstić information content (AvgIpc) is 2.62. The number of aromatic nitrogens is 2. The first-order valence-electron chi connectivity index (χ1n) is 5.94. The molecular weight excluding hydrogens is 202 g/mol. The summed E-state index contributed by atoms with van der Waals surface area (Å²) in [7, 11) is 0. The topological polar surface area (TPSA) is 70.0 Å². The maximum absolute atomic E-state index is 6.09. The highest BCUT2D eigenvalue weighted by molar-refractivity contribution is 5.49. The lowest BCUT2D eigenvalue weighted by Gasteiger charge is -2.26. The number of anilines is 1. The van der Waals surface area contributed by atoms with E-state index < -0.39 is 0 Å². The van der Waals surface area contributed by atoms with Crippen LogP contribution in [0.1, 0.15) is 31.2 Å². The molecule has 1 aromatic heterocycles. The van der Waals surface area contributed by atoms with Gasteiger partial charge in [0, 0.05) is 32.7 Å². The second kappa shape index (κ2) is 4.84. The van der Waals surface area contributed by atoms with Gasteiger partial charge in [-0.05, 0) is 5.92 Å². The van der Waals surface area contributed by atoms with Crippen molar-refractivity contribution in [1.82, 2.24) is 20.4 Å². The van der Waals surface area contributed by atoms with E-state index in [-0.39, 0.29) is 0 Å². The zero-order valence-electron chi connectivity index (χ0n) is 10.1. The van der Waals surface area contributed by atoms with Crippen molar-refractivity contribution in [2.75, 3.05) is 31.9 Å². The van der Waals surface area contributed by atoms with E-state index in [0.717, 1.165) is 49.8 Å². The standard InChI is InChI=1S/C11H21N5/c1-8(2)11-10(12)9(14-15-11)7-16-5-3-13-4-6-16/h8,13H,3-7,12H2,1-2H3,(H,14,15). The molecule has 16 heavy (non-hydrogen) atoms. The summed E-state index contributed by atoms with van der Waals surface area (Å²) in [4.78, 5) is 2.39. The van der Waals surface area contributed by atoms with Gasteiger partial charge in [-0.2, -0.15) is 5.10 Å². The first-order valence-corrected chi connectivity index (χ1v) is 5.94. The van der Waals surface area contributed by atoms with Crippen molar-refractivity contribution in [1.29, 1.82) is 0 Å². The lowest BCUT2D eigenvalue weighted by molar-refractivity contribution is 0.231. The third-order valence-electron chi connectivity index (χ3n) is 3.05. The Morgan fingerprint density at radius 3 is 2.62 bits per heavy atom. The number of nitrogens with zero attached hydrogens (tertiary/aromatic N) is 2. The minimum Gasteiger partial charge on any atom is -0.396 e. The quantitative estimate of drug-likeness (QED) is 0.699. The molecule has 0 amide bonds. The van der Waals surface area contributed by atoms with Crippen LogP contribution in [-0.2, 0) is 6.54 Å². The predicted molar refractivity (Wildman–Crippen MR) is 65.2 cm³/mol. The van der Waals surface area contributed by atoms with Gasteiger partial charge in [-0.15, -0.1) is 0 Å². The van der Waals surface area contributed by atoms with E-state index in [2.05, 4.69) is 34.3 Å². The van der Waals surface area contributed by atoms with Crippen LogP contribution < -0.4 is 11.1 Å². The molecule has 1 fully saturated rings. The summed E-state index contributed by atoms with van der Waals surface area (Å²) in [6.45, 7) is 9.39. The highest BCUT2D eigenvalue weighted by atomic mass is 15.2. The van der Waals surface area contributed by atoms with Crippen molar-refractivity contribution in [3.63, 3.8) is 0 Å². The molecule has 5 nitrogen and oxygen atoms in total. The fraction of sp³-hybridized carbons (Fsp3) is 0.727. The maximum atomic E-state index is 6.09. The van der Waals surface area contributed by atoms with Gasteiger partial charge < -0.3 is 11.1 Å². The minimum absolute atomic E-state index is 0.382. The number of piperazine rings is 1. The van der Waals surface area contributed by atoms with Crippen molar-refractivity contribution in [2.45, 2.75) is 26.3 Å². The van der Waals surface area contributed by atoms with Gasteiger partial charge in [-0.25, -0.2) is 0 Å². The van der Waals surface area contributed by atoms with Crippen molar-refractivity contribution in [3.05, 3.63) is 11.4 Å². The molecule has 1 aromatic rings. The van der Waals surface area contributed by atoms with Gasteiger partial charge in [-0.3, -0.25) is 10.00 Å². The monoisotopic (exact) mass is 223 g/mol. The molecule has 5 heteroatoms. The largest absolute Gasteiger partial charge is 0.396 e. The molecular formula is C11H21N5. The smallest absolute Gasteiger partial charge is 0.0880 e. The number of hydrogen-bond acceptors (Lipinski definition) is 4. The molecule has 2 rings (SSSR count). The van der Waals surface area contributed by atoms with E-state index in [9.17, 15) is 0 Å². The number of nitrogen functional groups attached to an aromatic ring is 1. The van der Waals surface area contributed by atoms with E-state index in [0.29, 0.717) is 5.92 Å². The summed E-state index contributed by atoms with van der Waals surface area (Å²) in [5, 5.41) is 10.7. The molecule has 2 heterocycles. The molecule has 4 N–H and O–H groups in total. The number of nitrogens with one attached hydrogen (secondary N) is 2. The summed E-state index contributed by atoms with van der Waals surface area (Å²) in [5.41, 5.74) is 8.98. The van der Waals surface area contributed by atoms with Gasteiger partial charge in [0.25, 0.3) is 0 Å². The lowest BCUT2D eigenvalue weighted by Crippen LogP contribution is -2.43. The van der Waals surface area contributed by atoms with Crippen LogP contribution in [0.4, 0.5) is 5.69 Å². The molecule has 0 saturated carbocycles. The van der Waals surface area contributed by atoms with E-state index in [1.54, 1.807) is 0 Å². The highest BCUT2D eigenvalue weighted by Gasteiger charge is 2.16. The Morgan fingerprint density at radius 2 is 2.06 bits per heavy atom. The Balaban J connectivity index is 2.03. The molecule has 0 spiro atoms. The Labute approximate surface area is 96.4 Å². The molecule has 1 aliphatic heterocycles. The second-order valence-corrected chi connectivity index (χ2v) is 4.68. The maximum Gasteiger partial charge on any atom is 0.0880 e. The molecule has 90 valence electrons. The Morgan fingerprint density at radius 1 is 1.38 bits per heavy atom. The fourth-order valence-electron chi connectivity index (χ4n) is 2.06. The van der Waals surface area contributed by atoms with Gasteiger partial charge in [0.1, 0.15) is 0 Å². The molecule has 0 radical (unpaired) electrons. The van der Waals surface area contributed by atoms with Crippen LogP contribution in [0.2, 0.25) is 0 Å². The van der Waals surface area contributed by atoms with E-state index in [1.807, 2.05) is 0 Å². The zero-order chi connectivity index (χ0) is 11.5. The van der Waals surface area contributed by atoms with Gasteiger partial charge in [-0.1, -0.05) is 13.8 Å². The lowest BCUT2D eigenvalue weighted by atomic mass is 10.1. The van der Waals surface area contributed by atoms with Gasteiger partial charge in [0.15, 0.2) is 0 Å². The fourth-order valence-corrected chi connectivity index (χ4v) is 2.06. The SMILES string of the molecule is CC(C)c1n[nH]c(CN2CCNCC2)c1N. The van der Waals surface area contributed by atoms with Crippen LogP contribution in [0.25, 0.3) is 0 Å². The molecule has 1 saturated heterocycles. The normalized spacial score (nSPS) is 18.2. The Kier molecular flexibility index (Phi) is 3.46. The summed E-state index contributed by atoms with van der Waals surface area (Å²) >= 11 is 0. The summed E-state index contributed by atoms with van der Waals surface area (Å²) < 4.78 is 0. The first-order chi connectivity index (χ1) is 7.68. The summed E-state index contributed by atoms with van der Waals surface area (Å²) in [6, 6.07) is 0. The molecule has 0 unspecified atom stereocenters. The summed E-state index contributed by atoms with van der Waals surface area (Å²) in [5.74, 6) is 0.382. The van der Waals surface area contributed by atoms with Crippen molar-refractivity contribution >= 4 is 5.69 Å². The van der Waals surface area contributed by atoms with E-state index >= 15 is 0 Å². The Hall–Kier alpha value is -1.07. The third-order valence-corrected chi connectivity index (χ3v) is 3.05. The number of nitrogens with two attached hydrogens (primary N) is 1. The highest BCUT2D eigenvalue weighted by Crippen LogP contribution is 2.22. The minimum atomic E-state index is 0.382. The second-order valence-electron chi connectivity index (χ2n) is 4.68. The van der Waals surface area contributed by atoms with Crippen molar-refractivity contribution in [3.8, 4) is 0 Å². The number of hydrogen-bond donors (Lipinski definition) is 3. The number of rotatable bonds is 3. The summed E-state index contributed by atoms with van der Waals surface area (Å²) in [6.07, 6.45) is 0. The van der Waals surface area contributed by atoms with Crippen molar-refractivity contribution in [2.24, 2.45) is 0 Å². The van der Waals surface area contributed by atoms with Gasteiger partial charge >= 0.3 is 0 Å². The van der Waals surface area contributed by atoms with E-state index in [4.69, 9.17) is 5.73 Å². The predicted octanol–water partition coefficient (Wildman–Crippen LogP) is 0.521. The zero-order valence-corrected chi connectivity index (χ0v) is 10.1. The van der Waals surface area contributed by atoms with Crippen LogP contribution in [0.3, 0.4) is 0 Å². The van der Waals surface area contributed by atoms with E-state index in [1.165, 1.54) is 0 Å². The molecule has 0 aromatic carbocycles. The number of H-pyrrole nitrogens is 1. The van der Waals surface area contributed by atoms with Crippen LogP contribution in [0.5, 0.6) is 0 Å². The van der Waals surface area contributed by atoms with Crippen LogP contribution >= 0.6 is 0 Å². The first kappa shape index (κ1) is 11.4. The van der Waals surface area contributed by atoms with Crippen LogP contribution in [0, 0.1) is 0 Å². The molecule has 1 aliphatic rings.